The van der Waals surface area contributed by atoms with Crippen molar-refractivity contribution in [1.82, 2.24) is 0 Å². The number of hydrogen-bond acceptors (Lipinski definition) is 3. The van der Waals surface area contributed by atoms with E-state index in [0.29, 0.717) is 6.42 Å². The van der Waals surface area contributed by atoms with Gasteiger partial charge in [0.15, 0.2) is 0 Å². The summed E-state index contributed by atoms with van der Waals surface area (Å²) in [5.74, 6) is 0.568. The molecule has 1 rings (SSSR count). The topological polar surface area (TPSA) is 64.4 Å². The lowest BCUT2D eigenvalue weighted by Gasteiger charge is -2.13. The molecule has 0 aliphatic carbocycles. The molecule has 0 saturated carbocycles. The molecule has 0 spiro atoms. The number of carbonyl (C=O) groups is 1. The van der Waals surface area contributed by atoms with Crippen LogP contribution in [0.1, 0.15) is 25.3 Å². The average Bonchev–Trinajstić information content (AvgIpc) is 2.32. The second-order valence-corrected chi connectivity index (χ2v) is 4.07. The number of ether oxygens (including phenoxy) is 1. The summed E-state index contributed by atoms with van der Waals surface area (Å²) >= 11 is 0. The lowest BCUT2D eigenvalue weighted by atomic mass is 10.1. The molecule has 0 saturated heterocycles. The fourth-order valence-corrected chi connectivity index (χ4v) is 1.53. The van der Waals surface area contributed by atoms with Gasteiger partial charge in [-0.2, -0.15) is 0 Å². The summed E-state index contributed by atoms with van der Waals surface area (Å²) in [5, 5.41) is 2.83. The molecule has 0 aromatic heterocycles. The molecule has 1 amide bonds. The van der Waals surface area contributed by atoms with Crippen molar-refractivity contribution in [2.75, 3.05) is 12.4 Å². The highest BCUT2D eigenvalue weighted by Crippen LogP contribution is 2.21. The molecule has 0 aliphatic heterocycles. The van der Waals surface area contributed by atoms with Crippen LogP contribution in [0.4, 0.5) is 5.69 Å². The third-order valence-corrected chi connectivity index (χ3v) is 2.64. The van der Waals surface area contributed by atoms with Crippen LogP contribution >= 0.6 is 0 Å². The maximum atomic E-state index is 11.8. The van der Waals surface area contributed by atoms with Crippen molar-refractivity contribution in [3.8, 4) is 5.75 Å². The van der Waals surface area contributed by atoms with E-state index in [2.05, 4.69) is 5.32 Å². The lowest BCUT2D eigenvalue weighted by Crippen LogP contribution is -2.35. The number of aryl methyl sites for hydroxylation is 1. The molecule has 17 heavy (non-hydrogen) atoms. The van der Waals surface area contributed by atoms with Crippen LogP contribution < -0.4 is 15.8 Å². The normalized spacial score (nSPS) is 12.0. The molecule has 0 unspecified atom stereocenters. The Morgan fingerprint density at radius 2 is 2.24 bits per heavy atom. The Labute approximate surface area is 102 Å². The second-order valence-electron chi connectivity index (χ2n) is 4.07. The van der Waals surface area contributed by atoms with Gasteiger partial charge in [0.25, 0.3) is 0 Å². The van der Waals surface area contributed by atoms with Crippen molar-refractivity contribution in [1.29, 1.82) is 0 Å². The quantitative estimate of drug-likeness (QED) is 0.822. The third kappa shape index (κ3) is 3.75. The summed E-state index contributed by atoms with van der Waals surface area (Å²) < 4.78 is 5.12. The van der Waals surface area contributed by atoms with Crippen LogP contribution in [-0.2, 0) is 4.79 Å². The minimum absolute atomic E-state index is 0.150. The molecule has 4 nitrogen and oxygen atoms in total. The molecular formula is C13H20N2O2. The number of benzene rings is 1. The molecule has 0 radical (unpaired) electrons. The smallest absolute Gasteiger partial charge is 0.241 e. The summed E-state index contributed by atoms with van der Waals surface area (Å²) in [5.41, 5.74) is 7.49. The van der Waals surface area contributed by atoms with E-state index < -0.39 is 6.04 Å². The number of nitrogens with two attached hydrogens (primary N) is 1. The third-order valence-electron chi connectivity index (χ3n) is 2.64. The van der Waals surface area contributed by atoms with E-state index in [1.54, 1.807) is 13.2 Å². The van der Waals surface area contributed by atoms with E-state index in [1.165, 1.54) is 0 Å². The largest absolute Gasteiger partial charge is 0.497 e. The molecule has 0 aliphatic rings. The first-order chi connectivity index (χ1) is 8.08. The van der Waals surface area contributed by atoms with Crippen molar-refractivity contribution < 1.29 is 9.53 Å². The van der Waals surface area contributed by atoms with Gasteiger partial charge in [-0.25, -0.2) is 0 Å². The van der Waals surface area contributed by atoms with E-state index in [4.69, 9.17) is 10.5 Å². The number of anilines is 1. The predicted octanol–water partition coefficient (Wildman–Crippen LogP) is 2.07. The molecule has 3 N–H and O–H groups in total. The Morgan fingerprint density at radius 3 is 2.82 bits per heavy atom. The Bertz CT molecular complexity index is 391. The van der Waals surface area contributed by atoms with Gasteiger partial charge in [0.2, 0.25) is 5.91 Å². The number of nitrogens with one attached hydrogen (secondary N) is 1. The predicted molar refractivity (Wildman–Crippen MR) is 69.2 cm³/mol. The van der Waals surface area contributed by atoms with Gasteiger partial charge in [-0.3, -0.25) is 4.79 Å². The van der Waals surface area contributed by atoms with Crippen molar-refractivity contribution in [3.63, 3.8) is 0 Å². The molecule has 1 aromatic rings. The fourth-order valence-electron chi connectivity index (χ4n) is 1.53. The Kier molecular flexibility index (Phi) is 4.97. The molecule has 0 fully saturated rings. The maximum Gasteiger partial charge on any atom is 0.241 e. The van der Waals surface area contributed by atoms with Gasteiger partial charge in [0.05, 0.1) is 13.2 Å². The first kappa shape index (κ1) is 13.5. The SMILES string of the molecule is CCC[C@@H](N)C(=O)Nc1cc(OC)ccc1C. The molecule has 1 atom stereocenters. The molecule has 1 aromatic carbocycles. The van der Waals surface area contributed by atoms with Crippen LogP contribution in [0.15, 0.2) is 18.2 Å². The summed E-state index contributed by atoms with van der Waals surface area (Å²) in [6.07, 6.45) is 1.58. The molecule has 0 bridgehead atoms. The van der Waals surface area contributed by atoms with Crippen LogP contribution in [0, 0.1) is 6.92 Å². The van der Waals surface area contributed by atoms with Crippen LogP contribution in [0.5, 0.6) is 5.75 Å². The zero-order valence-electron chi connectivity index (χ0n) is 10.6. The summed E-state index contributed by atoms with van der Waals surface area (Å²) in [4.78, 5) is 11.8. The molecule has 94 valence electrons. The Hall–Kier alpha value is -1.55. The number of hydrogen-bond donors (Lipinski definition) is 2. The fraction of sp³-hybridized carbons (Fsp3) is 0.462. The van der Waals surface area contributed by atoms with E-state index in [0.717, 1.165) is 23.4 Å². The van der Waals surface area contributed by atoms with Crippen LogP contribution in [0.2, 0.25) is 0 Å². The number of rotatable bonds is 5. The van der Waals surface area contributed by atoms with Gasteiger partial charge in [0.1, 0.15) is 5.75 Å². The van der Waals surface area contributed by atoms with Gasteiger partial charge in [-0.15, -0.1) is 0 Å². The van der Waals surface area contributed by atoms with Gasteiger partial charge < -0.3 is 15.8 Å². The van der Waals surface area contributed by atoms with E-state index in [1.807, 2.05) is 26.0 Å². The Balaban J connectivity index is 2.76. The number of methoxy groups -OCH3 is 1. The lowest BCUT2D eigenvalue weighted by molar-refractivity contribution is -0.117. The first-order valence-corrected chi connectivity index (χ1v) is 5.79. The highest BCUT2D eigenvalue weighted by molar-refractivity contribution is 5.95. The van der Waals surface area contributed by atoms with Gasteiger partial charge in [0, 0.05) is 11.8 Å². The summed E-state index contributed by atoms with van der Waals surface area (Å²) in [6, 6.07) is 5.11. The number of carbonyl (C=O) groups excluding carboxylic acids is 1. The highest BCUT2D eigenvalue weighted by atomic mass is 16.5. The van der Waals surface area contributed by atoms with Crippen LogP contribution in [-0.4, -0.2) is 19.1 Å². The Morgan fingerprint density at radius 1 is 1.53 bits per heavy atom. The minimum Gasteiger partial charge on any atom is -0.497 e. The minimum atomic E-state index is -0.453. The highest BCUT2D eigenvalue weighted by Gasteiger charge is 2.13. The summed E-state index contributed by atoms with van der Waals surface area (Å²) in [6.45, 7) is 3.93. The zero-order chi connectivity index (χ0) is 12.8. The van der Waals surface area contributed by atoms with E-state index in [9.17, 15) is 4.79 Å². The molecule has 0 heterocycles. The van der Waals surface area contributed by atoms with Crippen molar-refractivity contribution >= 4 is 11.6 Å². The molecular weight excluding hydrogens is 216 g/mol. The van der Waals surface area contributed by atoms with Gasteiger partial charge in [-0.1, -0.05) is 19.4 Å². The first-order valence-electron chi connectivity index (χ1n) is 5.79. The van der Waals surface area contributed by atoms with E-state index >= 15 is 0 Å². The van der Waals surface area contributed by atoms with E-state index in [-0.39, 0.29) is 5.91 Å². The monoisotopic (exact) mass is 236 g/mol. The standard InChI is InChI=1S/C13H20N2O2/c1-4-5-11(14)13(16)15-12-8-10(17-3)7-6-9(12)2/h6-8,11H,4-5,14H2,1-3H3,(H,15,16)/t11-/m1/s1. The van der Waals surface area contributed by atoms with Crippen molar-refractivity contribution in [3.05, 3.63) is 23.8 Å². The maximum absolute atomic E-state index is 11.8. The van der Waals surface area contributed by atoms with Crippen LogP contribution in [0.3, 0.4) is 0 Å². The van der Waals surface area contributed by atoms with Crippen LogP contribution in [0.25, 0.3) is 0 Å². The van der Waals surface area contributed by atoms with Gasteiger partial charge >= 0.3 is 0 Å². The summed E-state index contributed by atoms with van der Waals surface area (Å²) in [7, 11) is 1.60. The zero-order valence-corrected chi connectivity index (χ0v) is 10.6. The van der Waals surface area contributed by atoms with Crippen molar-refractivity contribution in [2.45, 2.75) is 32.7 Å². The molecule has 4 heteroatoms. The average molecular weight is 236 g/mol. The van der Waals surface area contributed by atoms with Crippen molar-refractivity contribution in [2.24, 2.45) is 5.73 Å². The number of amides is 1. The second kappa shape index (κ2) is 6.25. The van der Waals surface area contributed by atoms with Gasteiger partial charge in [-0.05, 0) is 25.0 Å².